The van der Waals surface area contributed by atoms with Crippen LogP contribution in [0.15, 0.2) is 63.9 Å². The Morgan fingerprint density at radius 2 is 1.82 bits per heavy atom. The summed E-state index contributed by atoms with van der Waals surface area (Å²) in [5.41, 5.74) is 3.04. The lowest BCUT2D eigenvalue weighted by Gasteiger charge is -2.25. The molecular weight excluding hydrogens is 548 g/mol. The van der Waals surface area contributed by atoms with E-state index in [1.54, 1.807) is 12.4 Å². The van der Waals surface area contributed by atoms with Crippen LogP contribution in [-0.2, 0) is 4.74 Å². The molecule has 0 bridgehead atoms. The van der Waals surface area contributed by atoms with Gasteiger partial charge in [0.05, 0.1) is 23.2 Å². The molecule has 5 heterocycles. The van der Waals surface area contributed by atoms with Crippen LogP contribution in [0.5, 0.6) is 0 Å². The Hall–Kier alpha value is -2.36. The van der Waals surface area contributed by atoms with Gasteiger partial charge in [-0.2, -0.15) is 0 Å². The molecule has 2 aliphatic heterocycles. The van der Waals surface area contributed by atoms with Gasteiger partial charge < -0.3 is 14.2 Å². The third-order valence-corrected chi connectivity index (χ3v) is 7.33. The fourth-order valence-corrected chi connectivity index (χ4v) is 5.48. The molecule has 3 aromatic heterocycles. The van der Waals surface area contributed by atoms with E-state index in [1.807, 2.05) is 18.2 Å². The monoisotopic (exact) mass is 568 g/mol. The second kappa shape index (κ2) is 8.77. The van der Waals surface area contributed by atoms with Gasteiger partial charge in [-0.15, -0.1) is 0 Å². The van der Waals surface area contributed by atoms with Crippen molar-refractivity contribution in [2.75, 3.05) is 18.1 Å². The predicted molar refractivity (Wildman–Crippen MR) is 133 cm³/mol. The van der Waals surface area contributed by atoms with Gasteiger partial charge in [-0.25, -0.2) is 19.9 Å². The van der Waals surface area contributed by atoms with Crippen LogP contribution in [0.1, 0.15) is 42.8 Å². The van der Waals surface area contributed by atoms with Gasteiger partial charge in [-0.1, -0.05) is 30.3 Å². The van der Waals surface area contributed by atoms with E-state index < -0.39 is 0 Å². The number of hydrogen-bond donors (Lipinski definition) is 0. The van der Waals surface area contributed by atoms with Crippen molar-refractivity contribution in [2.45, 2.75) is 37.5 Å². The third kappa shape index (κ3) is 3.96. The summed E-state index contributed by atoms with van der Waals surface area (Å²) in [6.45, 7) is 1.56. The topological polar surface area (TPSA) is 69.0 Å². The number of fused-ring (bicyclic) bond motifs is 3. The van der Waals surface area contributed by atoms with Gasteiger partial charge in [0, 0.05) is 25.4 Å². The van der Waals surface area contributed by atoms with Crippen LogP contribution in [0.4, 0.5) is 5.95 Å². The average molecular weight is 570 g/mol. The molecule has 1 fully saturated rings. The minimum Gasteiger partial charge on any atom is -0.368 e. The number of ether oxygens (including phenoxy) is 1. The van der Waals surface area contributed by atoms with Gasteiger partial charge in [-0.05, 0) is 62.4 Å². The second-order valence-corrected chi connectivity index (χ2v) is 10.2. The molecule has 168 valence electrons. The zero-order valence-electron chi connectivity index (χ0n) is 17.8. The molecule has 0 amide bonds. The lowest BCUT2D eigenvalue weighted by Crippen LogP contribution is -2.34. The molecule has 6 rings (SSSR count). The van der Waals surface area contributed by atoms with Gasteiger partial charge in [0.1, 0.15) is 22.0 Å². The van der Waals surface area contributed by atoms with Crippen molar-refractivity contribution in [3.63, 3.8) is 0 Å². The number of halogens is 2. The van der Waals surface area contributed by atoms with Crippen LogP contribution in [0.2, 0.25) is 0 Å². The Labute approximate surface area is 208 Å². The SMILES string of the molecule is Brc1cnc(N2CCC[C@@H]2COC2C[C@H](c3ccccc3)n3c2nc2ccc(Br)nc23)nc1. The van der Waals surface area contributed by atoms with Crippen molar-refractivity contribution in [3.8, 4) is 0 Å². The minimum atomic E-state index is -0.0866. The lowest BCUT2D eigenvalue weighted by molar-refractivity contribution is 0.0410. The summed E-state index contributed by atoms with van der Waals surface area (Å²) in [5, 5.41) is 0. The Balaban J connectivity index is 1.28. The Morgan fingerprint density at radius 3 is 2.64 bits per heavy atom. The van der Waals surface area contributed by atoms with Gasteiger partial charge >= 0.3 is 0 Å². The van der Waals surface area contributed by atoms with E-state index in [0.717, 1.165) is 57.8 Å². The molecule has 0 N–H and O–H groups in total. The first-order chi connectivity index (χ1) is 16.2. The molecule has 0 aliphatic carbocycles. The van der Waals surface area contributed by atoms with E-state index in [1.165, 1.54) is 5.56 Å². The molecule has 33 heavy (non-hydrogen) atoms. The number of imidazole rings is 1. The molecule has 3 atom stereocenters. The highest BCUT2D eigenvalue weighted by Crippen LogP contribution is 2.43. The van der Waals surface area contributed by atoms with E-state index >= 15 is 0 Å². The first kappa shape index (κ1) is 21.2. The number of aromatic nitrogens is 5. The molecular formula is C24H22Br2N6O. The zero-order valence-corrected chi connectivity index (χ0v) is 21.0. The lowest BCUT2D eigenvalue weighted by atomic mass is 10.0. The van der Waals surface area contributed by atoms with Crippen molar-refractivity contribution in [1.29, 1.82) is 0 Å². The van der Waals surface area contributed by atoms with Crippen molar-refractivity contribution in [2.24, 2.45) is 0 Å². The molecule has 1 unspecified atom stereocenters. The molecule has 2 aliphatic rings. The quantitative estimate of drug-likeness (QED) is 0.297. The average Bonchev–Trinajstić information content (AvgIpc) is 3.53. The van der Waals surface area contributed by atoms with Gasteiger partial charge in [-0.3, -0.25) is 0 Å². The first-order valence-electron chi connectivity index (χ1n) is 11.1. The molecule has 0 radical (unpaired) electrons. The summed E-state index contributed by atoms with van der Waals surface area (Å²) in [7, 11) is 0. The van der Waals surface area contributed by atoms with Crippen molar-refractivity contribution in [3.05, 3.63) is 75.3 Å². The fraction of sp³-hybridized carbons (Fsp3) is 0.333. The van der Waals surface area contributed by atoms with Gasteiger partial charge in [0.2, 0.25) is 5.95 Å². The van der Waals surface area contributed by atoms with Crippen LogP contribution in [0.3, 0.4) is 0 Å². The molecule has 1 aromatic carbocycles. The number of rotatable bonds is 5. The summed E-state index contributed by atoms with van der Waals surface area (Å²) < 4.78 is 10.5. The number of nitrogens with zero attached hydrogens (tertiary/aromatic N) is 6. The maximum Gasteiger partial charge on any atom is 0.225 e. The summed E-state index contributed by atoms with van der Waals surface area (Å²) in [5.74, 6) is 1.72. The smallest absolute Gasteiger partial charge is 0.225 e. The molecule has 7 nitrogen and oxygen atoms in total. The normalized spacial score (nSPS) is 22.2. The van der Waals surface area contributed by atoms with Gasteiger partial charge in [0.25, 0.3) is 0 Å². The maximum atomic E-state index is 6.57. The minimum absolute atomic E-state index is 0.0866. The van der Waals surface area contributed by atoms with E-state index in [2.05, 4.69) is 75.6 Å². The van der Waals surface area contributed by atoms with Crippen molar-refractivity contribution < 1.29 is 4.74 Å². The number of benzene rings is 1. The summed E-state index contributed by atoms with van der Waals surface area (Å²) in [6.07, 6.45) is 6.54. The standard InChI is InChI=1S/C24H22Br2N6O/c25-16-12-27-24(28-13-16)31-10-4-7-17(31)14-33-20-11-19(15-5-2-1-3-6-15)32-22-18(29-23(20)32)8-9-21(26)30-22/h1-3,5-6,8-9,12-13,17,19-20H,4,7,10-11,14H2/t17-,19-,20?/m1/s1. The van der Waals surface area contributed by atoms with E-state index in [-0.39, 0.29) is 18.2 Å². The van der Waals surface area contributed by atoms with Crippen molar-refractivity contribution >= 4 is 49.0 Å². The molecule has 4 aromatic rings. The summed E-state index contributed by atoms with van der Waals surface area (Å²) >= 11 is 6.94. The van der Waals surface area contributed by atoms with E-state index in [4.69, 9.17) is 14.7 Å². The predicted octanol–water partition coefficient (Wildman–Crippen LogP) is 5.47. The Bertz CT molecular complexity index is 1280. The molecule has 0 saturated carbocycles. The maximum absolute atomic E-state index is 6.57. The second-order valence-electron chi connectivity index (χ2n) is 8.49. The number of anilines is 1. The largest absolute Gasteiger partial charge is 0.368 e. The van der Waals surface area contributed by atoms with Crippen LogP contribution in [0, 0.1) is 0 Å². The summed E-state index contributed by atoms with van der Waals surface area (Å²) in [6, 6.07) is 14.9. The highest BCUT2D eigenvalue weighted by atomic mass is 79.9. The zero-order chi connectivity index (χ0) is 22.4. The Kier molecular flexibility index (Phi) is 5.63. The van der Waals surface area contributed by atoms with Crippen LogP contribution in [0.25, 0.3) is 11.2 Å². The highest BCUT2D eigenvalue weighted by molar-refractivity contribution is 9.10. The van der Waals surface area contributed by atoms with Crippen LogP contribution < -0.4 is 4.90 Å². The third-order valence-electron chi connectivity index (χ3n) is 6.48. The Morgan fingerprint density at radius 1 is 1.00 bits per heavy atom. The van der Waals surface area contributed by atoms with Gasteiger partial charge in [0.15, 0.2) is 5.65 Å². The van der Waals surface area contributed by atoms with Crippen LogP contribution in [-0.4, -0.2) is 43.7 Å². The first-order valence-corrected chi connectivity index (χ1v) is 12.7. The number of hydrogen-bond acceptors (Lipinski definition) is 6. The number of pyridine rings is 1. The fourth-order valence-electron chi connectivity index (χ4n) is 4.97. The molecule has 1 saturated heterocycles. The highest BCUT2D eigenvalue weighted by Gasteiger charge is 2.37. The van der Waals surface area contributed by atoms with Crippen molar-refractivity contribution in [1.82, 2.24) is 24.5 Å². The van der Waals surface area contributed by atoms with E-state index in [0.29, 0.717) is 6.61 Å². The van der Waals surface area contributed by atoms with Crippen LogP contribution >= 0.6 is 31.9 Å². The summed E-state index contributed by atoms with van der Waals surface area (Å²) in [4.78, 5) is 20.9. The molecule has 9 heteroatoms. The molecule has 0 spiro atoms. The van der Waals surface area contributed by atoms with E-state index in [9.17, 15) is 0 Å².